The first-order valence-corrected chi connectivity index (χ1v) is 9.93. The highest BCUT2D eigenvalue weighted by Crippen LogP contribution is 2.27. The van der Waals surface area contributed by atoms with Crippen molar-refractivity contribution in [2.24, 2.45) is 14.1 Å². The molecule has 0 saturated carbocycles. The summed E-state index contributed by atoms with van der Waals surface area (Å²) in [4.78, 5) is 29.9. The van der Waals surface area contributed by atoms with E-state index in [0.717, 1.165) is 21.4 Å². The van der Waals surface area contributed by atoms with Crippen LogP contribution in [0, 0.1) is 0 Å². The van der Waals surface area contributed by atoms with Crippen LogP contribution in [-0.2, 0) is 20.6 Å². The predicted molar refractivity (Wildman–Crippen MR) is 118 cm³/mol. The van der Waals surface area contributed by atoms with Crippen molar-refractivity contribution < 1.29 is 5.11 Å². The van der Waals surface area contributed by atoms with Gasteiger partial charge in [0.25, 0.3) is 5.56 Å². The van der Waals surface area contributed by atoms with Gasteiger partial charge in [-0.25, -0.2) is 4.79 Å². The van der Waals surface area contributed by atoms with Crippen molar-refractivity contribution >= 4 is 16.9 Å². The second-order valence-corrected chi connectivity index (χ2v) is 7.58. The van der Waals surface area contributed by atoms with Crippen LogP contribution >= 0.6 is 0 Å². The number of nitrogens with zero attached hydrogens (tertiary/aromatic N) is 5. The van der Waals surface area contributed by atoms with Gasteiger partial charge in [-0.2, -0.15) is 4.98 Å². The van der Waals surface area contributed by atoms with Crippen LogP contribution in [0.1, 0.15) is 11.7 Å². The summed E-state index contributed by atoms with van der Waals surface area (Å²) in [6.45, 7) is 0.238. The summed E-state index contributed by atoms with van der Waals surface area (Å²) in [6, 6.07) is 19.1. The van der Waals surface area contributed by atoms with Gasteiger partial charge < -0.3 is 9.67 Å². The monoisotopic (exact) mass is 415 g/mol. The summed E-state index contributed by atoms with van der Waals surface area (Å²) in [5.74, 6) is 0.488. The minimum absolute atomic E-state index is 0.238. The molecule has 0 aliphatic heterocycles. The Morgan fingerprint density at radius 1 is 0.935 bits per heavy atom. The molecule has 0 bridgehead atoms. The number of rotatable bonds is 4. The van der Waals surface area contributed by atoms with Crippen LogP contribution in [-0.4, -0.2) is 28.2 Å². The van der Waals surface area contributed by atoms with Gasteiger partial charge >= 0.3 is 5.69 Å². The molecule has 1 N–H and O–H groups in total. The quantitative estimate of drug-likeness (QED) is 0.487. The summed E-state index contributed by atoms with van der Waals surface area (Å²) >= 11 is 0. The van der Waals surface area contributed by atoms with Gasteiger partial charge in [0.05, 0.1) is 18.3 Å². The van der Waals surface area contributed by atoms with E-state index in [-0.39, 0.29) is 6.54 Å². The minimum Gasteiger partial charge on any atom is -0.387 e. The summed E-state index contributed by atoms with van der Waals surface area (Å²) < 4.78 is 6.03. The zero-order chi connectivity index (χ0) is 21.7. The van der Waals surface area contributed by atoms with E-state index in [1.807, 2.05) is 71.4 Å². The number of benzene rings is 2. The molecular weight excluding hydrogens is 394 g/mol. The van der Waals surface area contributed by atoms with Crippen molar-refractivity contribution in [1.29, 1.82) is 0 Å². The summed E-state index contributed by atoms with van der Waals surface area (Å²) in [7, 11) is 3.05. The SMILES string of the molecule is Cn1c(=O)c2c(nc3n(CC(O)c4ccccc4)c(-c4ccccc4)cn23)n(C)c1=O. The molecule has 8 heteroatoms. The molecule has 0 amide bonds. The highest BCUT2D eigenvalue weighted by Gasteiger charge is 2.22. The van der Waals surface area contributed by atoms with Crippen LogP contribution in [0.15, 0.2) is 76.4 Å². The molecule has 0 aliphatic carbocycles. The molecule has 1 atom stereocenters. The van der Waals surface area contributed by atoms with Crippen LogP contribution in [0.3, 0.4) is 0 Å². The van der Waals surface area contributed by atoms with Crippen LogP contribution in [0.4, 0.5) is 0 Å². The van der Waals surface area contributed by atoms with Gasteiger partial charge in [-0.15, -0.1) is 0 Å². The van der Waals surface area contributed by atoms with Gasteiger partial charge in [-0.1, -0.05) is 60.7 Å². The van der Waals surface area contributed by atoms with Gasteiger partial charge in [0, 0.05) is 20.3 Å². The number of aryl methyl sites for hydroxylation is 1. The van der Waals surface area contributed by atoms with Crippen molar-refractivity contribution in [3.05, 3.63) is 93.3 Å². The Bertz CT molecular complexity index is 1520. The highest BCUT2D eigenvalue weighted by atomic mass is 16.3. The van der Waals surface area contributed by atoms with E-state index in [2.05, 4.69) is 4.98 Å². The Balaban J connectivity index is 1.80. The fourth-order valence-corrected chi connectivity index (χ4v) is 3.99. The van der Waals surface area contributed by atoms with E-state index in [4.69, 9.17) is 0 Å². The number of hydrogen-bond donors (Lipinski definition) is 1. The molecule has 31 heavy (non-hydrogen) atoms. The molecule has 1 unspecified atom stereocenters. The molecule has 5 aromatic rings. The molecule has 156 valence electrons. The average molecular weight is 415 g/mol. The second kappa shape index (κ2) is 7.10. The molecule has 0 fully saturated rings. The summed E-state index contributed by atoms with van der Waals surface area (Å²) in [5, 5.41) is 10.9. The Morgan fingerprint density at radius 3 is 2.26 bits per heavy atom. The second-order valence-electron chi connectivity index (χ2n) is 7.58. The molecule has 2 aromatic carbocycles. The van der Waals surface area contributed by atoms with Crippen molar-refractivity contribution in [2.45, 2.75) is 12.6 Å². The Morgan fingerprint density at radius 2 is 1.58 bits per heavy atom. The largest absolute Gasteiger partial charge is 0.387 e. The smallest absolute Gasteiger partial charge is 0.332 e. The van der Waals surface area contributed by atoms with Crippen molar-refractivity contribution in [3.63, 3.8) is 0 Å². The fourth-order valence-electron chi connectivity index (χ4n) is 3.99. The van der Waals surface area contributed by atoms with Crippen molar-refractivity contribution in [2.75, 3.05) is 0 Å². The van der Waals surface area contributed by atoms with Gasteiger partial charge in [-0.3, -0.25) is 18.3 Å². The van der Waals surface area contributed by atoms with Gasteiger partial charge in [-0.05, 0) is 11.1 Å². The molecule has 0 saturated heterocycles. The average Bonchev–Trinajstić information content (AvgIpc) is 3.34. The van der Waals surface area contributed by atoms with E-state index in [1.54, 1.807) is 11.4 Å². The third kappa shape index (κ3) is 2.91. The third-order valence-corrected chi connectivity index (χ3v) is 5.67. The topological polar surface area (TPSA) is 86.5 Å². The summed E-state index contributed by atoms with van der Waals surface area (Å²) in [5.41, 5.74) is 2.32. The number of aliphatic hydroxyl groups is 1. The number of aliphatic hydroxyl groups excluding tert-OH is 1. The Hall–Kier alpha value is -3.91. The lowest BCUT2D eigenvalue weighted by molar-refractivity contribution is 0.158. The van der Waals surface area contributed by atoms with Gasteiger partial charge in [0.1, 0.15) is 0 Å². The van der Waals surface area contributed by atoms with E-state index in [1.165, 1.54) is 11.6 Å². The number of aromatic nitrogens is 5. The lowest BCUT2D eigenvalue weighted by atomic mass is 10.1. The molecule has 0 aliphatic rings. The van der Waals surface area contributed by atoms with E-state index < -0.39 is 17.4 Å². The van der Waals surface area contributed by atoms with E-state index >= 15 is 0 Å². The van der Waals surface area contributed by atoms with Crippen LogP contribution < -0.4 is 11.2 Å². The molecule has 3 heterocycles. The lowest BCUT2D eigenvalue weighted by Gasteiger charge is -2.15. The number of fused-ring (bicyclic) bond motifs is 3. The molecule has 5 rings (SSSR count). The fraction of sp³-hybridized carbons (Fsp3) is 0.174. The normalized spacial score (nSPS) is 12.6. The summed E-state index contributed by atoms with van der Waals surface area (Å²) in [6.07, 6.45) is 1.06. The zero-order valence-corrected chi connectivity index (χ0v) is 17.1. The number of imidazole rings is 2. The standard InChI is InChI=1S/C23H21N5O3/c1-25-20-19(21(30)26(2)23(25)31)28-13-17(15-9-5-3-6-10-15)27(22(28)24-20)14-18(29)16-11-7-4-8-12-16/h3-13,18,29H,14H2,1-2H3. The molecule has 0 radical (unpaired) electrons. The first-order valence-electron chi connectivity index (χ1n) is 9.93. The maximum absolute atomic E-state index is 12.9. The number of hydrogen-bond acceptors (Lipinski definition) is 4. The predicted octanol–water partition coefficient (Wildman–Crippen LogP) is 2.09. The minimum atomic E-state index is -0.772. The molecular formula is C23H21N5O3. The maximum atomic E-state index is 12.9. The van der Waals surface area contributed by atoms with Crippen LogP contribution in [0.25, 0.3) is 28.2 Å². The van der Waals surface area contributed by atoms with Crippen LogP contribution in [0.2, 0.25) is 0 Å². The lowest BCUT2D eigenvalue weighted by Crippen LogP contribution is -2.37. The Labute approximate surface area is 176 Å². The third-order valence-electron chi connectivity index (χ3n) is 5.67. The van der Waals surface area contributed by atoms with Gasteiger partial charge in [0.15, 0.2) is 11.2 Å². The molecule has 0 spiro atoms. The maximum Gasteiger partial charge on any atom is 0.332 e. The first kappa shape index (κ1) is 19.1. The van der Waals surface area contributed by atoms with Gasteiger partial charge in [0.2, 0.25) is 5.78 Å². The van der Waals surface area contributed by atoms with Crippen LogP contribution in [0.5, 0.6) is 0 Å². The Kier molecular flexibility index (Phi) is 4.37. The zero-order valence-electron chi connectivity index (χ0n) is 17.1. The van der Waals surface area contributed by atoms with E-state index in [9.17, 15) is 14.7 Å². The molecule has 8 nitrogen and oxygen atoms in total. The highest BCUT2D eigenvalue weighted by molar-refractivity contribution is 5.78. The molecule has 3 aromatic heterocycles. The van der Waals surface area contributed by atoms with Crippen molar-refractivity contribution in [3.8, 4) is 11.3 Å². The van der Waals surface area contributed by atoms with E-state index in [0.29, 0.717) is 16.9 Å². The van der Waals surface area contributed by atoms with Crippen molar-refractivity contribution in [1.82, 2.24) is 23.1 Å². The first-order chi connectivity index (χ1) is 15.0.